The molecule has 1 aliphatic rings. The van der Waals surface area contributed by atoms with Gasteiger partial charge < -0.3 is 24.1 Å². The van der Waals surface area contributed by atoms with Crippen LogP contribution in [0.4, 0.5) is 15.9 Å². The normalized spacial score (nSPS) is 21.2. The highest BCUT2D eigenvalue weighted by Gasteiger charge is 2.52. The molecule has 0 saturated carbocycles. The number of benzene rings is 1. The molecule has 4 aromatic rings. The number of imidazole rings is 1. The maximum absolute atomic E-state index is 14.4. The average molecular weight is 596 g/mol. The van der Waals surface area contributed by atoms with E-state index in [4.69, 9.17) is 30.3 Å². The molecule has 37 heavy (non-hydrogen) atoms. The summed E-state index contributed by atoms with van der Waals surface area (Å²) >= 11 is 9.05. The number of nitrogens with one attached hydrogen (secondary N) is 1. The summed E-state index contributed by atoms with van der Waals surface area (Å²) in [4.78, 5) is 36.8. The highest BCUT2D eigenvalue weighted by atomic mass is 79.9. The molecule has 15 heteroatoms. The molecule has 1 aromatic carbocycles. The van der Waals surface area contributed by atoms with Gasteiger partial charge >= 0.3 is 11.9 Å². The molecule has 1 N–H and O–H groups in total. The van der Waals surface area contributed by atoms with E-state index in [2.05, 4.69) is 41.4 Å². The van der Waals surface area contributed by atoms with Crippen LogP contribution in [0.25, 0.3) is 11.2 Å². The fraction of sp³-hybridized carbons (Fsp3) is 0.273. The van der Waals surface area contributed by atoms with Gasteiger partial charge in [0.1, 0.15) is 16.7 Å². The first-order valence-electron chi connectivity index (χ1n) is 10.7. The second-order valence-corrected chi connectivity index (χ2v) is 9.19. The molecule has 3 aromatic heterocycles. The Hall–Kier alpha value is -3.62. The topological polar surface area (TPSA) is 143 Å². The summed E-state index contributed by atoms with van der Waals surface area (Å²) in [5, 5.41) is 6.91. The molecule has 0 spiro atoms. The van der Waals surface area contributed by atoms with Crippen LogP contribution < -0.4 is 5.32 Å². The van der Waals surface area contributed by atoms with E-state index in [1.54, 1.807) is 6.07 Å². The van der Waals surface area contributed by atoms with Gasteiger partial charge in [0.25, 0.3) is 0 Å². The molecule has 192 valence electrons. The van der Waals surface area contributed by atoms with E-state index in [0.29, 0.717) is 4.60 Å². The number of nitrogens with zero attached hydrogens (tertiary/aromatic N) is 5. The third-order valence-corrected chi connectivity index (χ3v) is 6.00. The van der Waals surface area contributed by atoms with Gasteiger partial charge in [-0.2, -0.15) is 0 Å². The van der Waals surface area contributed by atoms with Crippen LogP contribution in [-0.4, -0.2) is 48.8 Å². The number of carbonyl (C=O) groups excluding carboxylic acids is 2. The number of esters is 2. The lowest BCUT2D eigenvalue weighted by Gasteiger charge is -2.23. The van der Waals surface area contributed by atoms with Crippen molar-refractivity contribution < 1.29 is 32.7 Å². The van der Waals surface area contributed by atoms with Crippen molar-refractivity contribution in [2.45, 2.75) is 38.4 Å². The number of fused-ring (bicyclic) bond motifs is 1. The smallest absolute Gasteiger partial charge is 0.303 e. The molecule has 1 aliphatic heterocycles. The van der Waals surface area contributed by atoms with Gasteiger partial charge in [-0.25, -0.2) is 19.3 Å². The standard InChI is InChI=1S/C22H17BrClFN6O6/c1-9(32)34-18-17(14-6-15(23)30-37-14)36-22(19(18)35-10(2)33)31-8-28-16-20(26-7-27-21(16)31)29-13-4-3-11(24)5-12(13)25/h3-8,17-19,22H,1-2H3,(H,26,27,29). The van der Waals surface area contributed by atoms with Gasteiger partial charge in [-0.3, -0.25) is 14.2 Å². The number of hydrogen-bond acceptors (Lipinski definition) is 11. The SMILES string of the molecule is CC(=O)OC1C(c2cc(Br)no2)OC(n2cnc3c(Nc4ccc(Cl)cc4F)ncnc32)C1OC(C)=O. The Morgan fingerprint density at radius 2 is 1.89 bits per heavy atom. The molecule has 5 rings (SSSR count). The maximum Gasteiger partial charge on any atom is 0.303 e. The van der Waals surface area contributed by atoms with Crippen LogP contribution in [0.3, 0.4) is 0 Å². The Morgan fingerprint density at radius 1 is 1.14 bits per heavy atom. The van der Waals surface area contributed by atoms with Crippen LogP contribution in [0.15, 0.2) is 46.0 Å². The molecule has 4 heterocycles. The van der Waals surface area contributed by atoms with Crippen molar-refractivity contribution in [2.24, 2.45) is 0 Å². The Kier molecular flexibility index (Phi) is 6.79. The first kappa shape index (κ1) is 25.0. The molecule has 4 atom stereocenters. The minimum absolute atomic E-state index is 0.125. The highest BCUT2D eigenvalue weighted by molar-refractivity contribution is 9.10. The van der Waals surface area contributed by atoms with Crippen molar-refractivity contribution in [2.75, 3.05) is 5.32 Å². The second-order valence-electron chi connectivity index (χ2n) is 7.94. The summed E-state index contributed by atoms with van der Waals surface area (Å²) in [6.07, 6.45) is -1.55. The third-order valence-electron chi connectivity index (χ3n) is 5.39. The summed E-state index contributed by atoms with van der Waals surface area (Å²) in [5.74, 6) is -1.39. The molecule has 1 fully saturated rings. The first-order valence-corrected chi connectivity index (χ1v) is 11.9. The third kappa shape index (κ3) is 4.99. The van der Waals surface area contributed by atoms with Crippen molar-refractivity contribution in [3.8, 4) is 0 Å². The lowest BCUT2D eigenvalue weighted by molar-refractivity contribution is -0.165. The molecular formula is C22H17BrClFN6O6. The number of ether oxygens (including phenoxy) is 3. The van der Waals surface area contributed by atoms with Crippen LogP contribution in [0.1, 0.15) is 31.9 Å². The van der Waals surface area contributed by atoms with Crippen LogP contribution in [0, 0.1) is 5.82 Å². The fourth-order valence-electron chi connectivity index (χ4n) is 3.98. The van der Waals surface area contributed by atoms with Gasteiger partial charge in [0, 0.05) is 24.9 Å². The van der Waals surface area contributed by atoms with Crippen molar-refractivity contribution in [3.05, 3.63) is 58.1 Å². The van der Waals surface area contributed by atoms with Crippen LogP contribution in [0.2, 0.25) is 5.02 Å². The number of rotatable bonds is 6. The summed E-state index contributed by atoms with van der Waals surface area (Å²) in [6, 6.07) is 5.69. The van der Waals surface area contributed by atoms with Crippen LogP contribution in [-0.2, 0) is 23.8 Å². The van der Waals surface area contributed by atoms with E-state index in [1.165, 1.54) is 43.2 Å². The summed E-state index contributed by atoms with van der Waals surface area (Å²) < 4.78 is 38.8. The predicted molar refractivity (Wildman–Crippen MR) is 128 cm³/mol. The molecule has 4 unspecified atom stereocenters. The fourth-order valence-corrected chi connectivity index (χ4v) is 4.44. The van der Waals surface area contributed by atoms with Crippen molar-refractivity contribution in [3.63, 3.8) is 0 Å². The molecular weight excluding hydrogens is 579 g/mol. The summed E-state index contributed by atoms with van der Waals surface area (Å²) in [5.41, 5.74) is 0.673. The molecule has 12 nitrogen and oxygen atoms in total. The first-order chi connectivity index (χ1) is 17.7. The lowest BCUT2D eigenvalue weighted by atomic mass is 10.1. The van der Waals surface area contributed by atoms with Gasteiger partial charge in [0.15, 0.2) is 47.3 Å². The van der Waals surface area contributed by atoms with E-state index in [0.717, 1.165) is 6.07 Å². The maximum atomic E-state index is 14.4. The number of anilines is 2. The molecule has 1 saturated heterocycles. The van der Waals surface area contributed by atoms with Crippen LogP contribution in [0.5, 0.6) is 0 Å². The quantitative estimate of drug-likeness (QED) is 0.320. The number of aromatic nitrogens is 5. The van der Waals surface area contributed by atoms with Gasteiger partial charge in [-0.15, -0.1) is 0 Å². The zero-order valence-corrected chi connectivity index (χ0v) is 21.4. The highest BCUT2D eigenvalue weighted by Crippen LogP contribution is 2.44. The van der Waals surface area contributed by atoms with Crippen molar-refractivity contribution in [1.82, 2.24) is 24.7 Å². The molecule has 0 radical (unpaired) electrons. The van der Waals surface area contributed by atoms with E-state index < -0.39 is 42.3 Å². The van der Waals surface area contributed by atoms with Gasteiger partial charge in [-0.05, 0) is 34.1 Å². The number of carbonyl (C=O) groups is 2. The number of halogens is 3. The average Bonchev–Trinajstić information content (AvgIpc) is 3.53. The largest absolute Gasteiger partial charge is 0.455 e. The summed E-state index contributed by atoms with van der Waals surface area (Å²) in [6.45, 7) is 2.44. The van der Waals surface area contributed by atoms with Gasteiger partial charge in [-0.1, -0.05) is 16.8 Å². The van der Waals surface area contributed by atoms with Crippen molar-refractivity contribution >= 4 is 62.1 Å². The molecule has 0 aliphatic carbocycles. The Bertz CT molecular complexity index is 1500. The van der Waals surface area contributed by atoms with Crippen molar-refractivity contribution in [1.29, 1.82) is 0 Å². The van der Waals surface area contributed by atoms with E-state index in [1.807, 2.05) is 0 Å². The van der Waals surface area contributed by atoms with E-state index in [-0.39, 0.29) is 33.5 Å². The monoisotopic (exact) mass is 594 g/mol. The Morgan fingerprint density at radius 3 is 2.57 bits per heavy atom. The van der Waals surface area contributed by atoms with Gasteiger partial charge in [0.05, 0.1) is 12.0 Å². The number of hydrogen-bond donors (Lipinski definition) is 1. The van der Waals surface area contributed by atoms with Crippen LogP contribution >= 0.6 is 27.5 Å². The Labute approximate surface area is 221 Å². The molecule has 0 bridgehead atoms. The molecule has 0 amide bonds. The van der Waals surface area contributed by atoms with E-state index in [9.17, 15) is 14.0 Å². The second kappa shape index (κ2) is 10.0. The van der Waals surface area contributed by atoms with Gasteiger partial charge in [0.2, 0.25) is 0 Å². The zero-order valence-electron chi connectivity index (χ0n) is 19.1. The lowest BCUT2D eigenvalue weighted by Crippen LogP contribution is -2.36. The predicted octanol–water partition coefficient (Wildman–Crippen LogP) is 4.25. The van der Waals surface area contributed by atoms with E-state index >= 15 is 0 Å². The minimum atomic E-state index is -1.10. The zero-order chi connectivity index (χ0) is 26.3. The minimum Gasteiger partial charge on any atom is -0.455 e. The summed E-state index contributed by atoms with van der Waals surface area (Å²) in [7, 11) is 0. The Balaban J connectivity index is 1.55.